The summed E-state index contributed by atoms with van der Waals surface area (Å²) in [5, 5.41) is 3.46. The van der Waals surface area contributed by atoms with Gasteiger partial charge in [0.15, 0.2) is 0 Å². The van der Waals surface area contributed by atoms with Gasteiger partial charge in [0.2, 0.25) is 0 Å². The lowest BCUT2D eigenvalue weighted by atomic mass is 9.99. The van der Waals surface area contributed by atoms with Crippen LogP contribution in [0.1, 0.15) is 19.8 Å². The second-order valence-corrected chi connectivity index (χ2v) is 5.41. The van der Waals surface area contributed by atoms with E-state index in [1.165, 1.54) is 25.0 Å². The van der Waals surface area contributed by atoms with Crippen molar-refractivity contribution >= 4 is 0 Å². The molecule has 2 rings (SSSR count). The van der Waals surface area contributed by atoms with Crippen molar-refractivity contribution in [1.82, 2.24) is 10.2 Å². The lowest BCUT2D eigenvalue weighted by Crippen LogP contribution is -2.39. The molecule has 20 heavy (non-hydrogen) atoms. The zero-order valence-corrected chi connectivity index (χ0v) is 12.3. The molecule has 0 amide bonds. The Kier molecular flexibility index (Phi) is 6.27. The minimum Gasteiger partial charge on any atom is -0.492 e. The summed E-state index contributed by atoms with van der Waals surface area (Å²) in [6.07, 6.45) is 2.61. The van der Waals surface area contributed by atoms with E-state index >= 15 is 0 Å². The Morgan fingerprint density at radius 2 is 2.15 bits per heavy atom. The third-order valence-corrected chi connectivity index (χ3v) is 3.85. The largest absolute Gasteiger partial charge is 0.492 e. The number of halogens is 1. The molecule has 3 nitrogen and oxygen atoms in total. The SMILES string of the molecule is CCN(CCOc1ccc(F)cc1)CC1CCCNC1. The maximum absolute atomic E-state index is 12.8. The van der Waals surface area contributed by atoms with E-state index in [4.69, 9.17) is 4.74 Å². The summed E-state index contributed by atoms with van der Waals surface area (Å²) < 4.78 is 18.4. The van der Waals surface area contributed by atoms with Gasteiger partial charge in [-0.2, -0.15) is 0 Å². The molecule has 0 aliphatic carbocycles. The first-order valence-electron chi connectivity index (χ1n) is 7.59. The molecule has 0 aromatic heterocycles. The van der Waals surface area contributed by atoms with Gasteiger partial charge in [-0.3, -0.25) is 4.90 Å². The molecule has 1 unspecified atom stereocenters. The van der Waals surface area contributed by atoms with Crippen LogP contribution in [0.15, 0.2) is 24.3 Å². The number of rotatable bonds is 7. The molecule has 0 saturated carbocycles. The highest BCUT2D eigenvalue weighted by Crippen LogP contribution is 2.13. The van der Waals surface area contributed by atoms with Crippen molar-refractivity contribution in [3.8, 4) is 5.75 Å². The quantitative estimate of drug-likeness (QED) is 0.830. The van der Waals surface area contributed by atoms with Crippen LogP contribution in [-0.4, -0.2) is 44.2 Å². The molecule has 0 bridgehead atoms. The summed E-state index contributed by atoms with van der Waals surface area (Å²) in [5.74, 6) is 1.27. The molecule has 1 aromatic carbocycles. The Labute approximate surface area is 121 Å². The van der Waals surface area contributed by atoms with Gasteiger partial charge in [-0.1, -0.05) is 6.92 Å². The average Bonchev–Trinajstić information content (AvgIpc) is 2.49. The standard InChI is InChI=1S/C16H25FN2O/c1-2-19(13-14-4-3-9-18-12-14)10-11-20-16-7-5-15(17)6-8-16/h5-8,14,18H,2-4,9-13H2,1H3. The number of likely N-dealkylation sites (N-methyl/N-ethyl adjacent to an activating group) is 1. The molecular weight excluding hydrogens is 255 g/mol. The smallest absolute Gasteiger partial charge is 0.123 e. The molecule has 1 atom stereocenters. The third kappa shape index (κ3) is 5.10. The Balaban J connectivity index is 1.68. The number of piperidine rings is 1. The lowest BCUT2D eigenvalue weighted by Gasteiger charge is -2.29. The lowest BCUT2D eigenvalue weighted by molar-refractivity contribution is 0.179. The topological polar surface area (TPSA) is 24.5 Å². The second-order valence-electron chi connectivity index (χ2n) is 5.41. The fourth-order valence-electron chi connectivity index (χ4n) is 2.65. The summed E-state index contributed by atoms with van der Waals surface area (Å²) >= 11 is 0. The van der Waals surface area contributed by atoms with E-state index in [-0.39, 0.29) is 5.82 Å². The Morgan fingerprint density at radius 3 is 2.80 bits per heavy atom. The highest BCUT2D eigenvalue weighted by atomic mass is 19.1. The van der Waals surface area contributed by atoms with Gasteiger partial charge in [-0.05, 0) is 62.7 Å². The minimum absolute atomic E-state index is 0.225. The molecule has 1 aliphatic heterocycles. The number of hydrogen-bond acceptors (Lipinski definition) is 3. The van der Waals surface area contributed by atoms with Crippen molar-refractivity contribution in [2.45, 2.75) is 19.8 Å². The summed E-state index contributed by atoms with van der Waals surface area (Å²) in [7, 11) is 0. The van der Waals surface area contributed by atoms with Crippen LogP contribution in [0.4, 0.5) is 4.39 Å². The van der Waals surface area contributed by atoms with E-state index in [9.17, 15) is 4.39 Å². The number of hydrogen-bond donors (Lipinski definition) is 1. The Morgan fingerprint density at radius 1 is 1.35 bits per heavy atom. The highest BCUT2D eigenvalue weighted by Gasteiger charge is 2.15. The predicted octanol–water partition coefficient (Wildman–Crippen LogP) is 2.53. The highest BCUT2D eigenvalue weighted by molar-refractivity contribution is 5.21. The van der Waals surface area contributed by atoms with E-state index in [0.29, 0.717) is 6.61 Å². The molecule has 112 valence electrons. The van der Waals surface area contributed by atoms with Gasteiger partial charge in [0.1, 0.15) is 18.2 Å². The first kappa shape index (κ1) is 15.3. The van der Waals surface area contributed by atoms with Crippen molar-refractivity contribution in [3.05, 3.63) is 30.1 Å². The molecule has 1 aromatic rings. The zero-order chi connectivity index (χ0) is 14.2. The second kappa shape index (κ2) is 8.22. The summed E-state index contributed by atoms with van der Waals surface area (Å²) in [6, 6.07) is 6.22. The maximum Gasteiger partial charge on any atom is 0.123 e. The van der Waals surface area contributed by atoms with Gasteiger partial charge < -0.3 is 10.1 Å². The van der Waals surface area contributed by atoms with Crippen LogP contribution >= 0.6 is 0 Å². The Hall–Kier alpha value is -1.13. The van der Waals surface area contributed by atoms with Crippen molar-refractivity contribution in [2.75, 3.05) is 39.3 Å². The molecule has 1 aliphatic rings. The molecular formula is C16H25FN2O. The van der Waals surface area contributed by atoms with Crippen LogP contribution in [0, 0.1) is 11.7 Å². The number of benzene rings is 1. The molecule has 4 heteroatoms. The number of ether oxygens (including phenoxy) is 1. The first-order chi connectivity index (χ1) is 9.78. The van der Waals surface area contributed by atoms with Crippen molar-refractivity contribution in [3.63, 3.8) is 0 Å². The minimum atomic E-state index is -0.225. The van der Waals surface area contributed by atoms with E-state index in [1.807, 2.05) is 0 Å². The van der Waals surface area contributed by atoms with Gasteiger partial charge in [0.25, 0.3) is 0 Å². The van der Waals surface area contributed by atoms with Crippen LogP contribution in [0.2, 0.25) is 0 Å². The molecule has 1 fully saturated rings. The monoisotopic (exact) mass is 280 g/mol. The fraction of sp³-hybridized carbons (Fsp3) is 0.625. The normalized spacial score (nSPS) is 19.2. The van der Waals surface area contributed by atoms with Crippen molar-refractivity contribution in [2.24, 2.45) is 5.92 Å². The molecule has 1 N–H and O–H groups in total. The van der Waals surface area contributed by atoms with E-state index in [1.54, 1.807) is 12.1 Å². The van der Waals surface area contributed by atoms with E-state index in [0.717, 1.165) is 44.4 Å². The van der Waals surface area contributed by atoms with Gasteiger partial charge in [0, 0.05) is 13.1 Å². The van der Waals surface area contributed by atoms with Crippen LogP contribution < -0.4 is 10.1 Å². The maximum atomic E-state index is 12.8. The number of nitrogens with zero attached hydrogens (tertiary/aromatic N) is 1. The van der Waals surface area contributed by atoms with Gasteiger partial charge in [-0.25, -0.2) is 4.39 Å². The van der Waals surface area contributed by atoms with Crippen LogP contribution in [0.5, 0.6) is 5.75 Å². The molecule has 0 spiro atoms. The summed E-state index contributed by atoms with van der Waals surface area (Å²) in [6.45, 7) is 8.24. The van der Waals surface area contributed by atoms with Crippen LogP contribution in [0.3, 0.4) is 0 Å². The van der Waals surface area contributed by atoms with E-state index in [2.05, 4.69) is 17.1 Å². The van der Waals surface area contributed by atoms with Gasteiger partial charge in [0.05, 0.1) is 0 Å². The first-order valence-corrected chi connectivity index (χ1v) is 7.59. The summed E-state index contributed by atoms with van der Waals surface area (Å²) in [4.78, 5) is 2.43. The van der Waals surface area contributed by atoms with Gasteiger partial charge >= 0.3 is 0 Å². The van der Waals surface area contributed by atoms with E-state index < -0.39 is 0 Å². The molecule has 1 saturated heterocycles. The average molecular weight is 280 g/mol. The van der Waals surface area contributed by atoms with Crippen molar-refractivity contribution in [1.29, 1.82) is 0 Å². The Bertz CT molecular complexity index is 377. The molecule has 1 heterocycles. The third-order valence-electron chi connectivity index (χ3n) is 3.85. The zero-order valence-electron chi connectivity index (χ0n) is 12.3. The van der Waals surface area contributed by atoms with Crippen molar-refractivity contribution < 1.29 is 9.13 Å². The van der Waals surface area contributed by atoms with Crippen LogP contribution in [0.25, 0.3) is 0 Å². The molecule has 0 radical (unpaired) electrons. The predicted molar refractivity (Wildman–Crippen MR) is 79.6 cm³/mol. The van der Waals surface area contributed by atoms with Gasteiger partial charge in [-0.15, -0.1) is 0 Å². The number of nitrogens with one attached hydrogen (secondary N) is 1. The summed E-state index contributed by atoms with van der Waals surface area (Å²) in [5.41, 5.74) is 0. The van der Waals surface area contributed by atoms with Crippen LogP contribution in [-0.2, 0) is 0 Å². The fourth-order valence-corrected chi connectivity index (χ4v) is 2.65.